The topological polar surface area (TPSA) is 71.4 Å². The minimum absolute atomic E-state index is 0.00379. The highest BCUT2D eigenvalue weighted by Gasteiger charge is 2.35. The lowest BCUT2D eigenvalue weighted by Crippen LogP contribution is -2.54. The summed E-state index contributed by atoms with van der Waals surface area (Å²) in [4.78, 5) is 38.3. The zero-order valence-corrected chi connectivity index (χ0v) is 15.8. The Bertz CT molecular complexity index is 911. The van der Waals surface area contributed by atoms with E-state index in [1.807, 2.05) is 37.4 Å². The lowest BCUT2D eigenvalue weighted by molar-refractivity contribution is -0.130. The number of aromatic nitrogens is 1. The van der Waals surface area contributed by atoms with Crippen LogP contribution in [-0.4, -0.2) is 33.9 Å². The molecule has 142 valence electrons. The number of amides is 4. The standard InChI is InChI=1S/C21H25N3O3/c1-3-5-6-9-12-24-20(26)17(19(25)22-21(24)27)13-15-14-23(4-2)18-11-8-7-10-16(15)18/h7-8,10-11,13-14H,3-6,9,12H2,1-2H3,(H,22,25,27)/b17-13+. The van der Waals surface area contributed by atoms with Gasteiger partial charge in [0, 0.05) is 35.8 Å². The fourth-order valence-electron chi connectivity index (χ4n) is 3.40. The Morgan fingerprint density at radius 1 is 1.04 bits per heavy atom. The van der Waals surface area contributed by atoms with Crippen molar-refractivity contribution in [3.63, 3.8) is 0 Å². The van der Waals surface area contributed by atoms with Gasteiger partial charge in [0.15, 0.2) is 0 Å². The molecule has 1 aromatic heterocycles. The summed E-state index contributed by atoms with van der Waals surface area (Å²) >= 11 is 0. The van der Waals surface area contributed by atoms with Crippen molar-refractivity contribution < 1.29 is 14.4 Å². The van der Waals surface area contributed by atoms with Crippen LogP contribution >= 0.6 is 0 Å². The number of imide groups is 2. The predicted octanol–water partition coefficient (Wildman–Crippen LogP) is 3.70. The molecule has 0 unspecified atom stereocenters. The van der Waals surface area contributed by atoms with Crippen LogP contribution in [0.5, 0.6) is 0 Å². The van der Waals surface area contributed by atoms with E-state index < -0.39 is 17.8 Å². The SMILES string of the molecule is CCCCCCN1C(=O)NC(=O)/C(=C\c2cn(CC)c3ccccc23)C1=O. The highest BCUT2D eigenvalue weighted by atomic mass is 16.2. The number of aryl methyl sites for hydroxylation is 1. The summed E-state index contributed by atoms with van der Waals surface area (Å²) in [6, 6.07) is 7.23. The zero-order chi connectivity index (χ0) is 19.4. The first-order chi connectivity index (χ1) is 13.1. The molecule has 0 spiro atoms. The normalized spacial score (nSPS) is 16.4. The lowest BCUT2D eigenvalue weighted by Gasteiger charge is -2.26. The van der Waals surface area contributed by atoms with E-state index in [1.165, 1.54) is 0 Å². The summed E-state index contributed by atoms with van der Waals surface area (Å²) in [6.07, 6.45) is 7.35. The molecule has 0 bridgehead atoms. The maximum Gasteiger partial charge on any atom is 0.331 e. The molecule has 0 atom stereocenters. The first-order valence-electron chi connectivity index (χ1n) is 9.53. The van der Waals surface area contributed by atoms with Crippen LogP contribution in [0.2, 0.25) is 0 Å². The second kappa shape index (κ2) is 8.20. The molecule has 2 aromatic rings. The maximum atomic E-state index is 12.8. The van der Waals surface area contributed by atoms with Gasteiger partial charge in [-0.25, -0.2) is 4.79 Å². The van der Waals surface area contributed by atoms with Crippen LogP contribution in [0.25, 0.3) is 17.0 Å². The van der Waals surface area contributed by atoms with Gasteiger partial charge in [-0.2, -0.15) is 0 Å². The minimum Gasteiger partial charge on any atom is -0.347 e. The molecule has 1 aromatic carbocycles. The number of rotatable bonds is 7. The van der Waals surface area contributed by atoms with E-state index in [2.05, 4.69) is 16.8 Å². The summed E-state index contributed by atoms with van der Waals surface area (Å²) in [5, 5.41) is 3.26. The van der Waals surface area contributed by atoms with Gasteiger partial charge in [0.25, 0.3) is 11.8 Å². The van der Waals surface area contributed by atoms with Crippen LogP contribution in [0.15, 0.2) is 36.0 Å². The fraction of sp³-hybridized carbons (Fsp3) is 0.381. The summed E-state index contributed by atoms with van der Waals surface area (Å²) < 4.78 is 2.07. The van der Waals surface area contributed by atoms with Crippen molar-refractivity contribution in [2.75, 3.05) is 6.54 Å². The van der Waals surface area contributed by atoms with Crippen molar-refractivity contribution in [2.24, 2.45) is 0 Å². The van der Waals surface area contributed by atoms with Crippen molar-refractivity contribution in [2.45, 2.75) is 46.1 Å². The van der Waals surface area contributed by atoms with Gasteiger partial charge in [-0.15, -0.1) is 0 Å². The average molecular weight is 367 g/mol. The Morgan fingerprint density at radius 3 is 2.56 bits per heavy atom. The molecule has 0 aliphatic carbocycles. The molecule has 1 saturated heterocycles. The number of barbiturate groups is 1. The second-order valence-electron chi connectivity index (χ2n) is 6.72. The summed E-state index contributed by atoms with van der Waals surface area (Å²) in [5.74, 6) is -1.16. The monoisotopic (exact) mass is 367 g/mol. The van der Waals surface area contributed by atoms with Gasteiger partial charge < -0.3 is 4.57 Å². The molecule has 1 N–H and O–H groups in total. The molecule has 3 rings (SSSR count). The van der Waals surface area contributed by atoms with Crippen LogP contribution < -0.4 is 5.32 Å². The van der Waals surface area contributed by atoms with Gasteiger partial charge in [-0.05, 0) is 25.5 Å². The van der Waals surface area contributed by atoms with Gasteiger partial charge in [-0.3, -0.25) is 19.8 Å². The first-order valence-corrected chi connectivity index (χ1v) is 9.53. The van der Waals surface area contributed by atoms with Crippen molar-refractivity contribution in [1.29, 1.82) is 0 Å². The summed E-state index contributed by atoms with van der Waals surface area (Å²) in [5.41, 5.74) is 1.85. The molecule has 27 heavy (non-hydrogen) atoms. The van der Waals surface area contributed by atoms with E-state index in [-0.39, 0.29) is 5.57 Å². The quantitative estimate of drug-likeness (QED) is 0.461. The zero-order valence-electron chi connectivity index (χ0n) is 15.8. The maximum absolute atomic E-state index is 12.8. The molecule has 1 fully saturated rings. The van der Waals surface area contributed by atoms with Crippen LogP contribution in [-0.2, 0) is 16.1 Å². The van der Waals surface area contributed by atoms with E-state index >= 15 is 0 Å². The number of fused-ring (bicyclic) bond motifs is 1. The molecule has 0 saturated carbocycles. The fourth-order valence-corrected chi connectivity index (χ4v) is 3.40. The Kier molecular flexibility index (Phi) is 5.74. The lowest BCUT2D eigenvalue weighted by atomic mass is 10.1. The van der Waals surface area contributed by atoms with Gasteiger partial charge in [0.05, 0.1) is 0 Å². The number of benzene rings is 1. The molecule has 1 aliphatic heterocycles. The highest BCUT2D eigenvalue weighted by molar-refractivity contribution is 6.31. The van der Waals surface area contributed by atoms with E-state index in [1.54, 1.807) is 6.08 Å². The third kappa shape index (κ3) is 3.79. The van der Waals surface area contributed by atoms with Crippen LogP contribution in [0.4, 0.5) is 4.79 Å². The predicted molar refractivity (Wildman–Crippen MR) is 105 cm³/mol. The van der Waals surface area contributed by atoms with E-state index in [0.29, 0.717) is 6.54 Å². The van der Waals surface area contributed by atoms with Gasteiger partial charge in [-0.1, -0.05) is 44.4 Å². The molecule has 2 heterocycles. The molecule has 0 radical (unpaired) electrons. The molecular weight excluding hydrogens is 342 g/mol. The van der Waals surface area contributed by atoms with Crippen LogP contribution in [0, 0.1) is 0 Å². The highest BCUT2D eigenvalue weighted by Crippen LogP contribution is 2.25. The average Bonchev–Trinajstić information content (AvgIpc) is 3.02. The number of para-hydroxylation sites is 1. The number of nitrogens with one attached hydrogen (secondary N) is 1. The largest absolute Gasteiger partial charge is 0.347 e. The van der Waals surface area contributed by atoms with Crippen molar-refractivity contribution in [3.8, 4) is 0 Å². The molecule has 1 aliphatic rings. The molecular formula is C21H25N3O3. The van der Waals surface area contributed by atoms with Crippen molar-refractivity contribution in [3.05, 3.63) is 41.6 Å². The third-order valence-corrected chi connectivity index (χ3v) is 4.88. The second-order valence-corrected chi connectivity index (χ2v) is 6.72. The molecule has 4 amide bonds. The minimum atomic E-state index is -0.636. The van der Waals surface area contributed by atoms with Crippen LogP contribution in [0.3, 0.4) is 0 Å². The van der Waals surface area contributed by atoms with Crippen molar-refractivity contribution in [1.82, 2.24) is 14.8 Å². The number of carbonyl (C=O) groups is 3. The van der Waals surface area contributed by atoms with Gasteiger partial charge >= 0.3 is 6.03 Å². The molecule has 6 nitrogen and oxygen atoms in total. The van der Waals surface area contributed by atoms with Gasteiger partial charge in [0.2, 0.25) is 0 Å². The Balaban J connectivity index is 1.91. The van der Waals surface area contributed by atoms with Crippen LogP contribution in [0.1, 0.15) is 45.1 Å². The number of nitrogens with zero attached hydrogens (tertiary/aromatic N) is 2. The number of urea groups is 1. The smallest absolute Gasteiger partial charge is 0.331 e. The molecule has 6 heteroatoms. The third-order valence-electron chi connectivity index (χ3n) is 4.88. The van der Waals surface area contributed by atoms with E-state index in [4.69, 9.17) is 0 Å². The van der Waals surface area contributed by atoms with Crippen molar-refractivity contribution >= 4 is 34.8 Å². The van der Waals surface area contributed by atoms with E-state index in [9.17, 15) is 14.4 Å². The number of hydrogen-bond donors (Lipinski definition) is 1. The Labute approximate surface area is 158 Å². The summed E-state index contributed by atoms with van der Waals surface area (Å²) in [6.45, 7) is 5.25. The number of hydrogen-bond acceptors (Lipinski definition) is 3. The van der Waals surface area contributed by atoms with Gasteiger partial charge in [0.1, 0.15) is 5.57 Å². The Hall–Kier alpha value is -2.89. The number of carbonyl (C=O) groups excluding carboxylic acids is 3. The Morgan fingerprint density at radius 2 is 1.81 bits per heavy atom. The summed E-state index contributed by atoms with van der Waals surface area (Å²) in [7, 11) is 0. The number of unbranched alkanes of at least 4 members (excludes halogenated alkanes) is 3. The van der Waals surface area contributed by atoms with E-state index in [0.717, 1.165) is 53.6 Å². The first kappa shape index (κ1) is 18.9.